The number of nitrogens with one attached hydrogen (secondary N) is 1. The van der Waals surface area contributed by atoms with E-state index in [1.165, 1.54) is 43.5 Å². The first kappa shape index (κ1) is 15.5. The van der Waals surface area contributed by atoms with E-state index in [1.54, 1.807) is 0 Å². The van der Waals surface area contributed by atoms with Gasteiger partial charge in [-0.1, -0.05) is 45.0 Å². The Balaban J connectivity index is 1.68. The molecule has 0 aromatic heterocycles. The van der Waals surface area contributed by atoms with Gasteiger partial charge in [0.15, 0.2) is 0 Å². The lowest BCUT2D eigenvalue weighted by molar-refractivity contribution is 0.103. The molecule has 2 nitrogen and oxygen atoms in total. The predicted molar refractivity (Wildman–Crippen MR) is 85.0 cm³/mol. The summed E-state index contributed by atoms with van der Waals surface area (Å²) < 4.78 is 5.83. The predicted octanol–water partition coefficient (Wildman–Crippen LogP) is 3.89. The molecule has 0 spiro atoms. The molecule has 0 saturated carbocycles. The standard InChI is InChI=1S/C18H29NO/c1-18(2,3)17-6-4-16(5-7-17)14-20-13-10-15-8-11-19-12-9-15/h4-7,15,19H,8-14H2,1-3H3. The molecule has 112 valence electrons. The van der Waals surface area contributed by atoms with Gasteiger partial charge in [-0.3, -0.25) is 0 Å². The highest BCUT2D eigenvalue weighted by atomic mass is 16.5. The van der Waals surface area contributed by atoms with E-state index in [-0.39, 0.29) is 5.41 Å². The van der Waals surface area contributed by atoms with E-state index in [2.05, 4.69) is 50.4 Å². The van der Waals surface area contributed by atoms with Crippen molar-refractivity contribution in [2.24, 2.45) is 5.92 Å². The largest absolute Gasteiger partial charge is 0.377 e. The highest BCUT2D eigenvalue weighted by molar-refractivity contribution is 5.27. The summed E-state index contributed by atoms with van der Waals surface area (Å²) in [4.78, 5) is 0. The van der Waals surface area contributed by atoms with Crippen molar-refractivity contribution >= 4 is 0 Å². The van der Waals surface area contributed by atoms with Gasteiger partial charge in [0.05, 0.1) is 6.61 Å². The van der Waals surface area contributed by atoms with E-state index in [9.17, 15) is 0 Å². The van der Waals surface area contributed by atoms with E-state index in [0.717, 1.165) is 19.1 Å². The molecular weight excluding hydrogens is 246 g/mol. The molecule has 0 aliphatic carbocycles. The maximum atomic E-state index is 5.83. The van der Waals surface area contributed by atoms with Crippen molar-refractivity contribution in [3.05, 3.63) is 35.4 Å². The van der Waals surface area contributed by atoms with Crippen LogP contribution in [0.4, 0.5) is 0 Å². The average molecular weight is 275 g/mol. The SMILES string of the molecule is CC(C)(C)c1ccc(COCCC2CCNCC2)cc1. The Morgan fingerprint density at radius 2 is 1.75 bits per heavy atom. The van der Waals surface area contributed by atoms with E-state index >= 15 is 0 Å². The van der Waals surface area contributed by atoms with Gasteiger partial charge in [0, 0.05) is 6.61 Å². The molecule has 1 aromatic rings. The third-order valence-corrected chi connectivity index (χ3v) is 4.22. The van der Waals surface area contributed by atoms with Crippen LogP contribution >= 0.6 is 0 Å². The van der Waals surface area contributed by atoms with Crippen LogP contribution in [0.5, 0.6) is 0 Å². The monoisotopic (exact) mass is 275 g/mol. The molecule has 1 aliphatic rings. The Bertz CT molecular complexity index is 385. The van der Waals surface area contributed by atoms with Crippen molar-refractivity contribution in [1.82, 2.24) is 5.32 Å². The lowest BCUT2D eigenvalue weighted by atomic mass is 9.87. The second kappa shape index (κ2) is 7.24. The van der Waals surface area contributed by atoms with Gasteiger partial charge in [-0.2, -0.15) is 0 Å². The van der Waals surface area contributed by atoms with Gasteiger partial charge in [-0.15, -0.1) is 0 Å². The number of rotatable bonds is 5. The van der Waals surface area contributed by atoms with Crippen molar-refractivity contribution in [1.29, 1.82) is 0 Å². The van der Waals surface area contributed by atoms with Crippen LogP contribution in [0.3, 0.4) is 0 Å². The fourth-order valence-corrected chi connectivity index (χ4v) is 2.71. The van der Waals surface area contributed by atoms with Crippen molar-refractivity contribution in [2.75, 3.05) is 19.7 Å². The van der Waals surface area contributed by atoms with Gasteiger partial charge >= 0.3 is 0 Å². The third-order valence-electron chi connectivity index (χ3n) is 4.22. The maximum absolute atomic E-state index is 5.83. The molecule has 2 heteroatoms. The summed E-state index contributed by atoms with van der Waals surface area (Å²) in [5.74, 6) is 0.861. The molecule has 1 aromatic carbocycles. The molecular formula is C18H29NO. The molecule has 0 bridgehead atoms. The normalized spacial score (nSPS) is 17.4. The lowest BCUT2D eigenvalue weighted by Crippen LogP contribution is -2.28. The highest BCUT2D eigenvalue weighted by Gasteiger charge is 2.13. The van der Waals surface area contributed by atoms with Crippen LogP contribution in [-0.2, 0) is 16.8 Å². The summed E-state index contributed by atoms with van der Waals surface area (Å²) in [6, 6.07) is 8.85. The van der Waals surface area contributed by atoms with Crippen LogP contribution in [0, 0.1) is 5.92 Å². The Morgan fingerprint density at radius 3 is 2.35 bits per heavy atom. The summed E-state index contributed by atoms with van der Waals surface area (Å²) in [7, 11) is 0. The Kier molecular flexibility index (Phi) is 5.62. The molecule has 1 N–H and O–H groups in total. The van der Waals surface area contributed by atoms with E-state index in [0.29, 0.717) is 0 Å². The minimum atomic E-state index is 0.231. The summed E-state index contributed by atoms with van der Waals surface area (Å²) in [6.45, 7) is 10.7. The zero-order valence-corrected chi connectivity index (χ0v) is 13.2. The number of hydrogen-bond donors (Lipinski definition) is 1. The van der Waals surface area contributed by atoms with Gasteiger partial charge < -0.3 is 10.1 Å². The minimum Gasteiger partial charge on any atom is -0.377 e. The van der Waals surface area contributed by atoms with Crippen LogP contribution in [0.1, 0.15) is 51.2 Å². The van der Waals surface area contributed by atoms with Crippen LogP contribution in [-0.4, -0.2) is 19.7 Å². The van der Waals surface area contributed by atoms with Crippen molar-refractivity contribution in [3.8, 4) is 0 Å². The molecule has 1 fully saturated rings. The zero-order chi connectivity index (χ0) is 14.4. The number of benzene rings is 1. The summed E-state index contributed by atoms with van der Waals surface area (Å²) >= 11 is 0. The van der Waals surface area contributed by atoms with Crippen LogP contribution in [0.25, 0.3) is 0 Å². The van der Waals surface area contributed by atoms with Gasteiger partial charge in [0.1, 0.15) is 0 Å². The molecule has 0 radical (unpaired) electrons. The van der Waals surface area contributed by atoms with Crippen LogP contribution in [0.2, 0.25) is 0 Å². The van der Waals surface area contributed by atoms with E-state index < -0.39 is 0 Å². The molecule has 1 aliphatic heterocycles. The quantitative estimate of drug-likeness (QED) is 0.823. The first-order valence-corrected chi connectivity index (χ1v) is 7.93. The fourth-order valence-electron chi connectivity index (χ4n) is 2.71. The average Bonchev–Trinajstić information content (AvgIpc) is 2.44. The van der Waals surface area contributed by atoms with Gasteiger partial charge in [-0.05, 0) is 54.8 Å². The topological polar surface area (TPSA) is 21.3 Å². The van der Waals surface area contributed by atoms with Crippen LogP contribution < -0.4 is 5.32 Å². The Hall–Kier alpha value is -0.860. The second-order valence-corrected chi connectivity index (χ2v) is 6.98. The van der Waals surface area contributed by atoms with Crippen molar-refractivity contribution < 1.29 is 4.74 Å². The van der Waals surface area contributed by atoms with Gasteiger partial charge in [-0.25, -0.2) is 0 Å². The second-order valence-electron chi connectivity index (χ2n) is 6.98. The van der Waals surface area contributed by atoms with Gasteiger partial charge in [0.2, 0.25) is 0 Å². The fraction of sp³-hybridized carbons (Fsp3) is 0.667. The summed E-state index contributed by atoms with van der Waals surface area (Å²) in [5.41, 5.74) is 2.90. The molecule has 0 atom stereocenters. The summed E-state index contributed by atoms with van der Waals surface area (Å²) in [6.07, 6.45) is 3.83. The third kappa shape index (κ3) is 4.92. The van der Waals surface area contributed by atoms with Crippen molar-refractivity contribution in [3.63, 3.8) is 0 Å². The van der Waals surface area contributed by atoms with E-state index in [1.807, 2.05) is 0 Å². The van der Waals surface area contributed by atoms with Crippen molar-refractivity contribution in [2.45, 2.75) is 52.1 Å². The van der Waals surface area contributed by atoms with Crippen LogP contribution in [0.15, 0.2) is 24.3 Å². The molecule has 1 heterocycles. The molecule has 0 amide bonds. The van der Waals surface area contributed by atoms with Gasteiger partial charge in [0.25, 0.3) is 0 Å². The lowest BCUT2D eigenvalue weighted by Gasteiger charge is -2.22. The Morgan fingerprint density at radius 1 is 1.10 bits per heavy atom. The zero-order valence-electron chi connectivity index (χ0n) is 13.2. The maximum Gasteiger partial charge on any atom is 0.0716 e. The summed E-state index contributed by atoms with van der Waals surface area (Å²) in [5, 5.41) is 3.41. The first-order valence-electron chi connectivity index (χ1n) is 7.93. The first-order chi connectivity index (χ1) is 9.55. The number of piperidine rings is 1. The molecule has 0 unspecified atom stereocenters. The molecule has 1 saturated heterocycles. The number of hydrogen-bond acceptors (Lipinski definition) is 2. The Labute approximate surface area is 123 Å². The smallest absolute Gasteiger partial charge is 0.0716 e. The highest BCUT2D eigenvalue weighted by Crippen LogP contribution is 2.22. The molecule has 20 heavy (non-hydrogen) atoms. The van der Waals surface area contributed by atoms with E-state index in [4.69, 9.17) is 4.74 Å². The number of ether oxygens (including phenoxy) is 1. The molecule has 2 rings (SSSR count). The minimum absolute atomic E-state index is 0.231.